The average molecular weight is 405 g/mol. The number of nitrogens with zero attached hydrogens (tertiary/aromatic N) is 2. The molecule has 29 heavy (non-hydrogen) atoms. The number of aliphatic hydroxyl groups is 1. The molecule has 0 aliphatic carbocycles. The molecule has 1 aromatic rings. The average Bonchev–Trinajstić information content (AvgIpc) is 3.00. The third-order valence-electron chi connectivity index (χ3n) is 4.37. The molecule has 1 aliphatic rings. The van der Waals surface area contributed by atoms with E-state index in [-0.39, 0.29) is 0 Å². The molecule has 6 nitrogen and oxygen atoms in total. The number of aldehydes is 1. The second kappa shape index (κ2) is 17.6. The highest BCUT2D eigenvalue weighted by Gasteiger charge is 2.12. The van der Waals surface area contributed by atoms with Crippen LogP contribution in [0, 0.1) is 0 Å². The van der Waals surface area contributed by atoms with E-state index < -0.39 is 0 Å². The van der Waals surface area contributed by atoms with E-state index in [4.69, 9.17) is 5.11 Å². The van der Waals surface area contributed by atoms with Crippen molar-refractivity contribution in [2.75, 3.05) is 51.8 Å². The number of benzene rings is 1. The topological polar surface area (TPSA) is 70.1 Å². The van der Waals surface area contributed by atoms with E-state index in [0.29, 0.717) is 13.1 Å². The highest BCUT2D eigenvalue weighted by Crippen LogP contribution is 2.16. The van der Waals surface area contributed by atoms with Crippen LogP contribution in [0.25, 0.3) is 0 Å². The summed E-state index contributed by atoms with van der Waals surface area (Å²) in [6.45, 7) is 9.26. The molecule has 1 N–H and O–H groups in total. The summed E-state index contributed by atoms with van der Waals surface area (Å²) in [5.41, 5.74) is 3.00. The fraction of sp³-hybridized carbons (Fsp3) is 0.478. The van der Waals surface area contributed by atoms with Gasteiger partial charge in [-0.15, -0.1) is 0 Å². The molecule has 0 unspecified atom stereocenters. The molecule has 1 fully saturated rings. The largest absolute Gasteiger partial charge is 0.463 e. The van der Waals surface area contributed by atoms with Gasteiger partial charge in [-0.1, -0.05) is 25.2 Å². The summed E-state index contributed by atoms with van der Waals surface area (Å²) in [5, 5.41) is 7.00. The normalized spacial score (nSPS) is 14.8. The number of hydrogen-bond donors (Lipinski definition) is 1. The van der Waals surface area contributed by atoms with Gasteiger partial charge >= 0.3 is 0 Å². The van der Waals surface area contributed by atoms with Gasteiger partial charge in [0, 0.05) is 38.0 Å². The van der Waals surface area contributed by atoms with Crippen LogP contribution in [0.2, 0.25) is 0 Å². The van der Waals surface area contributed by atoms with Crippen molar-refractivity contribution in [2.24, 2.45) is 0 Å². The van der Waals surface area contributed by atoms with Gasteiger partial charge in [0.25, 0.3) is 6.47 Å². The third-order valence-corrected chi connectivity index (χ3v) is 4.37. The first kappa shape index (κ1) is 26.6. The van der Waals surface area contributed by atoms with Crippen LogP contribution in [0.5, 0.6) is 0 Å². The molecule has 1 aliphatic heterocycles. The Morgan fingerprint density at radius 1 is 1.10 bits per heavy atom. The number of aliphatic hydroxyl groups excluding tert-OH is 1. The zero-order valence-electron chi connectivity index (χ0n) is 18.2. The monoisotopic (exact) mass is 404 g/mol. The molecule has 0 radical (unpaired) electrons. The predicted molar refractivity (Wildman–Crippen MR) is 120 cm³/mol. The van der Waals surface area contributed by atoms with Crippen LogP contribution in [0.1, 0.15) is 37.0 Å². The molecule has 0 atom stereocenters. The lowest BCUT2D eigenvalue weighted by atomic mass is 10.2. The van der Waals surface area contributed by atoms with E-state index in [2.05, 4.69) is 28.5 Å². The predicted octanol–water partition coefficient (Wildman–Crippen LogP) is 3.32. The first-order chi connectivity index (χ1) is 14.1. The fourth-order valence-electron chi connectivity index (χ4n) is 2.70. The molecule has 6 heteroatoms. The number of ether oxygens (including phenoxy) is 1. The quantitative estimate of drug-likeness (QED) is 0.555. The van der Waals surface area contributed by atoms with Gasteiger partial charge in [0.15, 0.2) is 0 Å². The Bertz CT molecular complexity index is 612. The van der Waals surface area contributed by atoms with Crippen molar-refractivity contribution >= 4 is 18.4 Å². The van der Waals surface area contributed by atoms with Crippen molar-refractivity contribution in [3.63, 3.8) is 0 Å². The van der Waals surface area contributed by atoms with Crippen molar-refractivity contribution in [1.82, 2.24) is 4.90 Å². The molecule has 0 spiro atoms. The van der Waals surface area contributed by atoms with E-state index in [0.717, 1.165) is 50.6 Å². The maximum atomic E-state index is 10.6. The Labute approximate surface area is 175 Å². The summed E-state index contributed by atoms with van der Waals surface area (Å²) >= 11 is 0. The van der Waals surface area contributed by atoms with Gasteiger partial charge in [-0.3, -0.25) is 9.59 Å². The van der Waals surface area contributed by atoms with Crippen molar-refractivity contribution < 1.29 is 19.4 Å². The van der Waals surface area contributed by atoms with Gasteiger partial charge in [-0.25, -0.2) is 0 Å². The van der Waals surface area contributed by atoms with Gasteiger partial charge in [-0.05, 0) is 63.2 Å². The second-order valence-corrected chi connectivity index (χ2v) is 6.43. The lowest BCUT2D eigenvalue weighted by molar-refractivity contribution is -0.127. The summed E-state index contributed by atoms with van der Waals surface area (Å²) in [7, 11) is 3.17. The minimum atomic E-state index is 0.372. The molecule has 2 rings (SSSR count). The Morgan fingerprint density at radius 2 is 1.79 bits per heavy atom. The van der Waals surface area contributed by atoms with Crippen LogP contribution >= 0.6 is 0 Å². The summed E-state index contributed by atoms with van der Waals surface area (Å²) in [6, 6.07) is 7.85. The van der Waals surface area contributed by atoms with Crippen LogP contribution in [0.15, 0.2) is 48.1 Å². The standard InChI is InChI=1S/C13H18N2O.C9H14O2.CH4O/c1-14-7-2-8-15(10-9-14)13-5-3-12(11-16)4-6-13;1-3-5-6-9(4-2)7-11-8-10;1-2/h3-6,11H,2,7-10H2,1H3;4-6,8H,3,7H2,1-2H3;2H,1H3/b;6-5-,9-4+;. The third kappa shape index (κ3) is 11.9. The van der Waals surface area contributed by atoms with Crippen molar-refractivity contribution in [3.05, 3.63) is 53.6 Å². The molecule has 162 valence electrons. The first-order valence-electron chi connectivity index (χ1n) is 9.95. The summed E-state index contributed by atoms with van der Waals surface area (Å²) < 4.78 is 4.58. The highest BCUT2D eigenvalue weighted by atomic mass is 16.5. The molecule has 0 bridgehead atoms. The van der Waals surface area contributed by atoms with E-state index in [1.54, 1.807) is 0 Å². The van der Waals surface area contributed by atoms with Gasteiger partial charge in [0.05, 0.1) is 0 Å². The van der Waals surface area contributed by atoms with Crippen LogP contribution in [-0.2, 0) is 9.53 Å². The molecule has 0 amide bonds. The smallest absolute Gasteiger partial charge is 0.293 e. The lowest BCUT2D eigenvalue weighted by Gasteiger charge is -2.22. The first-order valence-corrected chi connectivity index (χ1v) is 9.95. The van der Waals surface area contributed by atoms with E-state index in [1.807, 2.05) is 49.4 Å². The Balaban J connectivity index is 0.000000532. The zero-order chi connectivity index (χ0) is 21.9. The maximum Gasteiger partial charge on any atom is 0.293 e. The zero-order valence-corrected chi connectivity index (χ0v) is 18.2. The van der Waals surface area contributed by atoms with Gasteiger partial charge in [0.1, 0.15) is 12.9 Å². The number of rotatable bonds is 7. The van der Waals surface area contributed by atoms with Crippen molar-refractivity contribution in [3.8, 4) is 0 Å². The van der Waals surface area contributed by atoms with Crippen molar-refractivity contribution in [2.45, 2.75) is 26.7 Å². The summed E-state index contributed by atoms with van der Waals surface area (Å²) in [4.78, 5) is 25.1. The molecule has 1 heterocycles. The SMILES string of the molecule is C/C=C(\C=C/CC)COC=O.CN1CCCN(c2ccc(C=O)cc2)CC1.CO. The minimum Gasteiger partial charge on any atom is -0.463 e. The highest BCUT2D eigenvalue weighted by molar-refractivity contribution is 5.75. The minimum absolute atomic E-state index is 0.372. The molecule has 1 aromatic carbocycles. The lowest BCUT2D eigenvalue weighted by Crippen LogP contribution is -2.28. The van der Waals surface area contributed by atoms with Gasteiger partial charge < -0.3 is 19.6 Å². The van der Waals surface area contributed by atoms with Gasteiger partial charge in [0.2, 0.25) is 0 Å². The van der Waals surface area contributed by atoms with E-state index >= 15 is 0 Å². The Morgan fingerprint density at radius 3 is 2.34 bits per heavy atom. The number of hydrogen-bond acceptors (Lipinski definition) is 6. The fourth-order valence-corrected chi connectivity index (χ4v) is 2.70. The molecule has 0 saturated carbocycles. The van der Waals surface area contributed by atoms with Gasteiger partial charge in [-0.2, -0.15) is 0 Å². The van der Waals surface area contributed by atoms with E-state index in [9.17, 15) is 9.59 Å². The number of carbonyl (C=O) groups excluding carboxylic acids is 2. The molecular weight excluding hydrogens is 368 g/mol. The number of carbonyl (C=O) groups is 2. The van der Waals surface area contributed by atoms with Crippen LogP contribution in [0.3, 0.4) is 0 Å². The Kier molecular flexibility index (Phi) is 16.2. The maximum absolute atomic E-state index is 10.6. The Hall–Kier alpha value is -2.44. The van der Waals surface area contributed by atoms with E-state index in [1.165, 1.54) is 18.7 Å². The molecule has 0 aromatic heterocycles. The van der Waals surface area contributed by atoms with Crippen LogP contribution in [-0.4, -0.2) is 69.7 Å². The van der Waals surface area contributed by atoms with Crippen LogP contribution in [0.4, 0.5) is 5.69 Å². The molecule has 1 saturated heterocycles. The van der Waals surface area contributed by atoms with Crippen LogP contribution < -0.4 is 4.90 Å². The number of allylic oxidation sites excluding steroid dienone is 2. The second-order valence-electron chi connectivity index (χ2n) is 6.43. The van der Waals surface area contributed by atoms with Crippen molar-refractivity contribution in [1.29, 1.82) is 0 Å². The number of likely N-dealkylation sites (N-methyl/N-ethyl adjacent to an activating group) is 1. The number of anilines is 1. The molecular formula is C23H36N2O4. The summed E-state index contributed by atoms with van der Waals surface area (Å²) in [6.07, 6.45) is 9.01. The summed E-state index contributed by atoms with van der Waals surface area (Å²) in [5.74, 6) is 0.